The summed E-state index contributed by atoms with van der Waals surface area (Å²) in [4.78, 5) is 16.8. The maximum atomic E-state index is 12.6. The Balaban J connectivity index is 1.46. The smallest absolute Gasteiger partial charge is 0.251 e. The Bertz CT molecular complexity index is 916. The molecule has 0 spiro atoms. The lowest BCUT2D eigenvalue weighted by Gasteiger charge is -2.19. The normalized spacial score (nSPS) is 20.1. The number of benzene rings is 1. The third-order valence-electron chi connectivity index (χ3n) is 4.07. The molecule has 1 N–H and O–H groups in total. The molecule has 0 aliphatic carbocycles. The van der Waals surface area contributed by atoms with Crippen LogP contribution in [0.4, 0.5) is 0 Å². The van der Waals surface area contributed by atoms with E-state index in [1.54, 1.807) is 42.2 Å². The first-order chi connectivity index (χ1) is 12.1. The van der Waals surface area contributed by atoms with E-state index in [-0.39, 0.29) is 18.1 Å². The van der Waals surface area contributed by atoms with Crippen LogP contribution in [0, 0.1) is 6.92 Å². The molecule has 8 heteroatoms. The van der Waals surface area contributed by atoms with Gasteiger partial charge in [-0.1, -0.05) is 0 Å². The quantitative estimate of drug-likeness (QED) is 0.771. The van der Waals surface area contributed by atoms with E-state index >= 15 is 0 Å². The summed E-state index contributed by atoms with van der Waals surface area (Å²) < 4.78 is 18.5. The minimum atomic E-state index is -0.260. The number of nitrogens with zero attached hydrogens (tertiary/aromatic N) is 3. The number of hydrogen-bond donors (Lipinski definition) is 1. The highest BCUT2D eigenvalue weighted by Crippen LogP contribution is 2.19. The predicted octanol–water partition coefficient (Wildman–Crippen LogP) is 1.45. The second-order valence-electron chi connectivity index (χ2n) is 6.04. The molecule has 0 bridgehead atoms. The second kappa shape index (κ2) is 6.21. The summed E-state index contributed by atoms with van der Waals surface area (Å²) in [6.45, 7) is 2.59. The zero-order valence-corrected chi connectivity index (χ0v) is 13.9. The highest BCUT2D eigenvalue weighted by molar-refractivity contribution is 5.97. The van der Waals surface area contributed by atoms with E-state index in [1.807, 2.05) is 7.05 Å². The van der Waals surface area contributed by atoms with Gasteiger partial charge in [-0.15, -0.1) is 0 Å². The van der Waals surface area contributed by atoms with Gasteiger partial charge < -0.3 is 19.2 Å². The Morgan fingerprint density at radius 1 is 1.40 bits per heavy atom. The van der Waals surface area contributed by atoms with Crippen molar-refractivity contribution in [3.8, 4) is 5.75 Å². The molecule has 3 heterocycles. The molecule has 130 valence electrons. The zero-order chi connectivity index (χ0) is 17.4. The number of carbonyl (C=O) groups excluding carboxylic acids is 1. The van der Waals surface area contributed by atoms with Crippen molar-refractivity contribution in [3.63, 3.8) is 0 Å². The van der Waals surface area contributed by atoms with E-state index in [1.165, 1.54) is 0 Å². The van der Waals surface area contributed by atoms with Crippen LogP contribution in [0.2, 0.25) is 0 Å². The van der Waals surface area contributed by atoms with Crippen LogP contribution in [0.15, 0.2) is 35.0 Å². The average molecular weight is 342 g/mol. The number of aryl methyl sites for hydroxylation is 2. The lowest BCUT2D eigenvalue weighted by molar-refractivity contribution is 0.0904. The number of rotatable bonds is 4. The molecular weight excluding hydrogens is 324 g/mol. The van der Waals surface area contributed by atoms with E-state index < -0.39 is 0 Å². The number of nitrogens with one attached hydrogen (secondary N) is 1. The fourth-order valence-electron chi connectivity index (χ4n) is 2.85. The van der Waals surface area contributed by atoms with Crippen molar-refractivity contribution in [2.75, 3.05) is 13.2 Å². The molecule has 1 aliphatic rings. The maximum absolute atomic E-state index is 12.6. The van der Waals surface area contributed by atoms with Crippen molar-refractivity contribution in [3.05, 3.63) is 42.0 Å². The van der Waals surface area contributed by atoms with Gasteiger partial charge in [0.25, 0.3) is 5.91 Å². The lowest BCUT2D eigenvalue weighted by Crippen LogP contribution is -2.45. The molecule has 3 aromatic rings. The predicted molar refractivity (Wildman–Crippen MR) is 88.4 cm³/mol. The fourth-order valence-corrected chi connectivity index (χ4v) is 2.85. The summed E-state index contributed by atoms with van der Waals surface area (Å²) in [6.07, 6.45) is 3.15. The van der Waals surface area contributed by atoms with Gasteiger partial charge in [-0.25, -0.2) is 4.98 Å². The van der Waals surface area contributed by atoms with Crippen molar-refractivity contribution >= 4 is 17.0 Å². The first kappa shape index (κ1) is 15.6. The molecule has 1 amide bonds. The largest absolute Gasteiger partial charge is 0.482 e. The third kappa shape index (κ3) is 3.20. The lowest BCUT2D eigenvalue weighted by atomic mass is 10.1. The van der Waals surface area contributed by atoms with Crippen molar-refractivity contribution in [1.82, 2.24) is 20.1 Å². The number of carbonyl (C=O) groups is 1. The Morgan fingerprint density at radius 3 is 3.08 bits per heavy atom. The van der Waals surface area contributed by atoms with Crippen LogP contribution in [0.1, 0.15) is 16.2 Å². The second-order valence-corrected chi connectivity index (χ2v) is 6.04. The van der Waals surface area contributed by atoms with Gasteiger partial charge >= 0.3 is 0 Å². The fraction of sp³-hybridized carbons (Fsp3) is 0.353. The number of hydrogen-bond acceptors (Lipinski definition) is 6. The van der Waals surface area contributed by atoms with E-state index in [2.05, 4.69) is 15.4 Å². The maximum Gasteiger partial charge on any atom is 0.251 e. The van der Waals surface area contributed by atoms with Gasteiger partial charge in [0.05, 0.1) is 31.6 Å². The minimum absolute atomic E-state index is 0.203. The minimum Gasteiger partial charge on any atom is -0.482 e. The van der Waals surface area contributed by atoms with E-state index in [0.717, 1.165) is 5.52 Å². The number of ether oxygens (including phenoxy) is 2. The molecule has 1 aliphatic heterocycles. The summed E-state index contributed by atoms with van der Waals surface area (Å²) >= 11 is 0. The molecule has 2 atom stereocenters. The van der Waals surface area contributed by atoms with Crippen LogP contribution in [-0.2, 0) is 11.8 Å². The number of amides is 1. The Hall–Kier alpha value is -2.87. The first-order valence-electron chi connectivity index (χ1n) is 7.99. The van der Waals surface area contributed by atoms with Crippen molar-refractivity contribution in [1.29, 1.82) is 0 Å². The molecule has 25 heavy (non-hydrogen) atoms. The summed E-state index contributed by atoms with van der Waals surface area (Å²) in [5.41, 5.74) is 1.84. The number of aromatic nitrogens is 3. The Kier molecular flexibility index (Phi) is 3.89. The topological polar surface area (TPSA) is 91.4 Å². The molecule has 4 rings (SSSR count). The van der Waals surface area contributed by atoms with Gasteiger partial charge in [0, 0.05) is 19.5 Å². The van der Waals surface area contributed by atoms with E-state index in [0.29, 0.717) is 36.0 Å². The van der Waals surface area contributed by atoms with Crippen LogP contribution in [-0.4, -0.2) is 46.0 Å². The SMILES string of the molecule is Cc1nc2ccc(C(=O)N[C@H]3COC[C@H]3Oc3cnn(C)c3)cc2o1. The summed E-state index contributed by atoms with van der Waals surface area (Å²) in [5.74, 6) is 1.02. The van der Waals surface area contributed by atoms with Gasteiger partial charge in [0.1, 0.15) is 11.6 Å². The summed E-state index contributed by atoms with van der Waals surface area (Å²) in [7, 11) is 1.82. The molecule has 0 saturated carbocycles. The van der Waals surface area contributed by atoms with Crippen molar-refractivity contribution in [2.24, 2.45) is 7.05 Å². The number of fused-ring (bicyclic) bond motifs is 1. The molecule has 2 aromatic heterocycles. The van der Waals surface area contributed by atoms with Gasteiger partial charge in [0.15, 0.2) is 17.2 Å². The molecule has 8 nitrogen and oxygen atoms in total. The molecule has 0 unspecified atom stereocenters. The zero-order valence-electron chi connectivity index (χ0n) is 13.9. The summed E-state index contributed by atoms with van der Waals surface area (Å²) in [6, 6.07) is 4.96. The monoisotopic (exact) mass is 342 g/mol. The summed E-state index contributed by atoms with van der Waals surface area (Å²) in [5, 5.41) is 7.04. The van der Waals surface area contributed by atoms with Crippen LogP contribution in [0.5, 0.6) is 5.75 Å². The van der Waals surface area contributed by atoms with Crippen LogP contribution < -0.4 is 10.1 Å². The van der Waals surface area contributed by atoms with E-state index in [9.17, 15) is 4.79 Å². The Labute approximate surface area is 143 Å². The molecular formula is C17H18N4O4. The van der Waals surface area contributed by atoms with Crippen molar-refractivity contribution in [2.45, 2.75) is 19.1 Å². The van der Waals surface area contributed by atoms with Gasteiger partial charge in [-0.3, -0.25) is 9.48 Å². The van der Waals surface area contributed by atoms with Gasteiger partial charge in [-0.05, 0) is 18.2 Å². The standard InChI is InChI=1S/C17H18N4O4/c1-10-19-13-4-3-11(5-15(13)24-10)17(22)20-14-8-23-9-16(14)25-12-6-18-21(2)7-12/h3-7,14,16H,8-9H2,1-2H3,(H,20,22)/t14-,16+/m0/s1. The molecule has 1 saturated heterocycles. The highest BCUT2D eigenvalue weighted by Gasteiger charge is 2.32. The van der Waals surface area contributed by atoms with Gasteiger partial charge in [0.2, 0.25) is 0 Å². The van der Waals surface area contributed by atoms with Crippen LogP contribution >= 0.6 is 0 Å². The molecule has 0 radical (unpaired) electrons. The van der Waals surface area contributed by atoms with Gasteiger partial charge in [-0.2, -0.15) is 5.10 Å². The van der Waals surface area contributed by atoms with E-state index in [4.69, 9.17) is 13.9 Å². The highest BCUT2D eigenvalue weighted by atomic mass is 16.5. The molecule has 1 fully saturated rings. The third-order valence-corrected chi connectivity index (χ3v) is 4.07. The molecule has 1 aromatic carbocycles. The average Bonchev–Trinajstić information content (AvgIpc) is 3.27. The Morgan fingerprint density at radius 2 is 2.28 bits per heavy atom. The van der Waals surface area contributed by atoms with Crippen LogP contribution in [0.25, 0.3) is 11.1 Å². The number of oxazole rings is 1. The van der Waals surface area contributed by atoms with Crippen molar-refractivity contribution < 1.29 is 18.7 Å². The van der Waals surface area contributed by atoms with Crippen LogP contribution in [0.3, 0.4) is 0 Å². The first-order valence-corrected chi connectivity index (χ1v) is 7.99.